The van der Waals surface area contributed by atoms with E-state index in [9.17, 15) is 8.78 Å². The lowest BCUT2D eigenvalue weighted by Gasteiger charge is -2.07. The standard InChI is InChI=1S/C13H14F2N2O3/c1-7(2)13-16-11(20-17-13)6-19-12-9(14)3-8(5-18)4-10(12)15/h3-4,7,18H,5-6H2,1-2H3. The molecule has 0 atom stereocenters. The van der Waals surface area contributed by atoms with Gasteiger partial charge in [-0.05, 0) is 17.7 Å². The summed E-state index contributed by atoms with van der Waals surface area (Å²) in [5, 5.41) is 12.5. The first-order chi connectivity index (χ1) is 9.51. The molecule has 0 spiro atoms. The smallest absolute Gasteiger partial charge is 0.264 e. The topological polar surface area (TPSA) is 68.4 Å². The van der Waals surface area contributed by atoms with Crippen LogP contribution in [0.2, 0.25) is 0 Å². The molecule has 108 valence electrons. The first-order valence-electron chi connectivity index (χ1n) is 6.05. The molecule has 7 heteroatoms. The van der Waals surface area contributed by atoms with Crippen LogP contribution in [-0.2, 0) is 13.2 Å². The third-order valence-electron chi connectivity index (χ3n) is 2.58. The Morgan fingerprint density at radius 1 is 1.30 bits per heavy atom. The normalized spacial score (nSPS) is 11.1. The number of aromatic nitrogens is 2. The van der Waals surface area contributed by atoms with Crippen molar-refractivity contribution in [1.29, 1.82) is 0 Å². The number of nitrogens with zero attached hydrogens (tertiary/aromatic N) is 2. The molecule has 1 aromatic heterocycles. The number of hydrogen-bond acceptors (Lipinski definition) is 5. The van der Waals surface area contributed by atoms with E-state index in [1.165, 1.54) is 0 Å². The predicted molar refractivity (Wildman–Crippen MR) is 65.0 cm³/mol. The van der Waals surface area contributed by atoms with Gasteiger partial charge < -0.3 is 14.4 Å². The lowest BCUT2D eigenvalue weighted by Crippen LogP contribution is -2.02. The number of ether oxygens (including phenoxy) is 1. The number of aliphatic hydroxyl groups is 1. The second-order valence-electron chi connectivity index (χ2n) is 4.54. The summed E-state index contributed by atoms with van der Waals surface area (Å²) >= 11 is 0. The first-order valence-corrected chi connectivity index (χ1v) is 6.05. The molecule has 0 saturated heterocycles. The Balaban J connectivity index is 2.10. The molecule has 2 rings (SSSR count). The van der Waals surface area contributed by atoms with Crippen molar-refractivity contribution in [1.82, 2.24) is 10.1 Å². The van der Waals surface area contributed by atoms with E-state index in [0.29, 0.717) is 5.82 Å². The minimum atomic E-state index is -0.891. The fourth-order valence-electron chi connectivity index (χ4n) is 1.54. The zero-order valence-corrected chi connectivity index (χ0v) is 11.1. The van der Waals surface area contributed by atoms with Crippen molar-refractivity contribution in [2.75, 3.05) is 0 Å². The second kappa shape index (κ2) is 5.96. The monoisotopic (exact) mass is 284 g/mol. The molecule has 2 aromatic rings. The summed E-state index contributed by atoms with van der Waals surface area (Å²) < 4.78 is 37.1. The predicted octanol–water partition coefficient (Wildman–Crippen LogP) is 2.54. The van der Waals surface area contributed by atoms with Crippen molar-refractivity contribution < 1.29 is 23.1 Å². The van der Waals surface area contributed by atoms with Gasteiger partial charge in [-0.1, -0.05) is 19.0 Å². The van der Waals surface area contributed by atoms with Crippen molar-refractivity contribution in [2.24, 2.45) is 0 Å². The highest BCUT2D eigenvalue weighted by atomic mass is 19.1. The van der Waals surface area contributed by atoms with Gasteiger partial charge in [0.2, 0.25) is 0 Å². The maximum absolute atomic E-state index is 13.6. The molecule has 0 aliphatic heterocycles. The Morgan fingerprint density at radius 3 is 2.45 bits per heavy atom. The summed E-state index contributed by atoms with van der Waals surface area (Å²) in [4.78, 5) is 4.03. The molecule has 0 radical (unpaired) electrons. The molecule has 0 unspecified atom stereocenters. The molecule has 0 amide bonds. The largest absolute Gasteiger partial charge is 0.478 e. The van der Waals surface area contributed by atoms with E-state index in [2.05, 4.69) is 10.1 Å². The van der Waals surface area contributed by atoms with Gasteiger partial charge >= 0.3 is 0 Å². The van der Waals surface area contributed by atoms with Crippen LogP contribution >= 0.6 is 0 Å². The molecule has 0 fully saturated rings. The zero-order chi connectivity index (χ0) is 14.7. The molecular weight excluding hydrogens is 270 g/mol. The van der Waals surface area contributed by atoms with Crippen molar-refractivity contribution in [3.8, 4) is 5.75 Å². The fraction of sp³-hybridized carbons (Fsp3) is 0.385. The summed E-state index contributed by atoms with van der Waals surface area (Å²) in [6.07, 6.45) is 0. The second-order valence-corrected chi connectivity index (χ2v) is 4.54. The van der Waals surface area contributed by atoms with Gasteiger partial charge in [0.05, 0.1) is 6.61 Å². The number of benzene rings is 1. The van der Waals surface area contributed by atoms with Crippen LogP contribution in [0.3, 0.4) is 0 Å². The summed E-state index contributed by atoms with van der Waals surface area (Å²) in [5.74, 6) is -1.59. The van der Waals surface area contributed by atoms with Gasteiger partial charge in [0.15, 0.2) is 29.8 Å². The third-order valence-corrected chi connectivity index (χ3v) is 2.58. The van der Waals surface area contributed by atoms with Crippen LogP contribution in [0.5, 0.6) is 5.75 Å². The Kier molecular flexibility index (Phi) is 4.29. The molecule has 1 heterocycles. The van der Waals surface area contributed by atoms with E-state index >= 15 is 0 Å². The highest BCUT2D eigenvalue weighted by Crippen LogP contribution is 2.24. The van der Waals surface area contributed by atoms with E-state index in [0.717, 1.165) is 12.1 Å². The zero-order valence-electron chi connectivity index (χ0n) is 11.1. The Hall–Kier alpha value is -2.02. The van der Waals surface area contributed by atoms with Crippen molar-refractivity contribution >= 4 is 0 Å². The molecule has 5 nitrogen and oxygen atoms in total. The molecule has 20 heavy (non-hydrogen) atoms. The van der Waals surface area contributed by atoms with E-state index in [4.69, 9.17) is 14.4 Å². The fourth-order valence-corrected chi connectivity index (χ4v) is 1.54. The van der Waals surface area contributed by atoms with Crippen LogP contribution in [-0.4, -0.2) is 15.2 Å². The summed E-state index contributed by atoms with van der Waals surface area (Å²) in [6, 6.07) is 2.01. The summed E-state index contributed by atoms with van der Waals surface area (Å²) in [7, 11) is 0. The highest BCUT2D eigenvalue weighted by Gasteiger charge is 2.15. The van der Waals surface area contributed by atoms with Gasteiger partial charge in [0.25, 0.3) is 5.89 Å². The summed E-state index contributed by atoms with van der Waals surface area (Å²) in [5.41, 5.74) is 0.132. The van der Waals surface area contributed by atoms with Crippen molar-refractivity contribution in [3.63, 3.8) is 0 Å². The molecule has 0 bridgehead atoms. The lowest BCUT2D eigenvalue weighted by molar-refractivity contribution is 0.223. The lowest BCUT2D eigenvalue weighted by atomic mass is 10.2. The van der Waals surface area contributed by atoms with Crippen LogP contribution in [0.4, 0.5) is 8.78 Å². The van der Waals surface area contributed by atoms with Crippen LogP contribution in [0.15, 0.2) is 16.7 Å². The minimum absolute atomic E-state index is 0.0878. The van der Waals surface area contributed by atoms with Gasteiger partial charge in [-0.3, -0.25) is 0 Å². The van der Waals surface area contributed by atoms with Gasteiger partial charge in [0, 0.05) is 5.92 Å². The SMILES string of the molecule is CC(C)c1noc(COc2c(F)cc(CO)cc2F)n1. The van der Waals surface area contributed by atoms with Crippen LogP contribution in [0.25, 0.3) is 0 Å². The van der Waals surface area contributed by atoms with Gasteiger partial charge in [-0.15, -0.1) is 0 Å². The first kappa shape index (κ1) is 14.4. The van der Waals surface area contributed by atoms with E-state index in [1.54, 1.807) is 0 Å². The van der Waals surface area contributed by atoms with Crippen molar-refractivity contribution in [2.45, 2.75) is 33.0 Å². The molecule has 0 aliphatic carbocycles. The Bertz CT molecular complexity index is 576. The minimum Gasteiger partial charge on any atom is -0.478 e. The number of rotatable bonds is 5. The number of aliphatic hydroxyl groups excluding tert-OH is 1. The van der Waals surface area contributed by atoms with E-state index in [-0.39, 0.29) is 24.0 Å². The molecule has 1 N–H and O–H groups in total. The average Bonchev–Trinajstić information content (AvgIpc) is 2.86. The van der Waals surface area contributed by atoms with Crippen LogP contribution < -0.4 is 4.74 Å². The van der Waals surface area contributed by atoms with Gasteiger partial charge in [-0.25, -0.2) is 8.78 Å². The van der Waals surface area contributed by atoms with Crippen LogP contribution in [0.1, 0.15) is 37.0 Å². The Labute approximate surface area is 114 Å². The highest BCUT2D eigenvalue weighted by molar-refractivity contribution is 5.31. The number of hydrogen-bond donors (Lipinski definition) is 1. The Morgan fingerprint density at radius 2 is 1.95 bits per heavy atom. The quantitative estimate of drug-likeness (QED) is 0.913. The molecule has 1 aromatic carbocycles. The van der Waals surface area contributed by atoms with Gasteiger partial charge in [0.1, 0.15) is 0 Å². The molecule has 0 aliphatic rings. The van der Waals surface area contributed by atoms with E-state index in [1.807, 2.05) is 13.8 Å². The molecule has 0 saturated carbocycles. The van der Waals surface area contributed by atoms with Crippen LogP contribution in [0, 0.1) is 11.6 Å². The maximum atomic E-state index is 13.6. The third kappa shape index (κ3) is 3.11. The average molecular weight is 284 g/mol. The van der Waals surface area contributed by atoms with Crippen molar-refractivity contribution in [3.05, 3.63) is 41.0 Å². The maximum Gasteiger partial charge on any atom is 0.264 e. The summed E-state index contributed by atoms with van der Waals surface area (Å²) in [6.45, 7) is 3.10. The van der Waals surface area contributed by atoms with Gasteiger partial charge in [-0.2, -0.15) is 4.98 Å². The molecular formula is C13H14F2N2O3. The number of halogens is 2. The van der Waals surface area contributed by atoms with E-state index < -0.39 is 24.0 Å².